The fraction of sp³-hybridized carbons (Fsp3) is 0.125. The van der Waals surface area contributed by atoms with E-state index in [1.165, 1.54) is 6.20 Å². The third-order valence-corrected chi connectivity index (χ3v) is 1.15. The lowest BCUT2D eigenvalue weighted by molar-refractivity contribution is 0.343. The lowest BCUT2D eigenvalue weighted by atomic mass is 10.3. The van der Waals surface area contributed by atoms with Crippen LogP contribution in [0.1, 0.15) is 5.56 Å². The largest absolute Gasteiger partial charge is 0.471 e. The molecule has 0 N–H and O–H groups in total. The van der Waals surface area contributed by atoms with Crippen LogP contribution >= 0.6 is 0 Å². The van der Waals surface area contributed by atoms with E-state index in [0.717, 1.165) is 0 Å². The zero-order valence-electron chi connectivity index (χ0n) is 6.40. The molecule has 0 radical (unpaired) electrons. The number of ether oxygens (including phenoxy) is 1. The van der Waals surface area contributed by atoms with E-state index >= 15 is 0 Å². The quantitative estimate of drug-likeness (QED) is 0.618. The summed E-state index contributed by atoms with van der Waals surface area (Å²) in [5, 5.41) is 15.8. The summed E-state index contributed by atoms with van der Waals surface area (Å²) in [4.78, 5) is 0. The van der Waals surface area contributed by atoms with Crippen LogP contribution in [0.4, 0.5) is 0 Å². The van der Waals surface area contributed by atoms with Gasteiger partial charge in [-0.1, -0.05) is 12.7 Å². The Morgan fingerprint density at radius 3 is 3.25 bits per heavy atom. The highest BCUT2D eigenvalue weighted by atomic mass is 16.5. The summed E-state index contributed by atoms with van der Waals surface area (Å²) in [7, 11) is 0. The lowest BCUT2D eigenvalue weighted by Crippen LogP contribution is -1.98. The Bertz CT molecular complexity index is 316. The lowest BCUT2D eigenvalue weighted by Gasteiger charge is -2.00. The molecule has 0 amide bonds. The van der Waals surface area contributed by atoms with Gasteiger partial charge in [0.1, 0.15) is 18.2 Å². The molecule has 0 aliphatic rings. The van der Waals surface area contributed by atoms with Crippen molar-refractivity contribution < 1.29 is 4.74 Å². The molecule has 4 heteroatoms. The van der Waals surface area contributed by atoms with Gasteiger partial charge in [0.05, 0.1) is 6.20 Å². The Morgan fingerprint density at radius 2 is 2.58 bits per heavy atom. The van der Waals surface area contributed by atoms with Crippen molar-refractivity contribution in [1.29, 1.82) is 5.26 Å². The number of nitrogens with zero attached hydrogens (tertiary/aromatic N) is 3. The van der Waals surface area contributed by atoms with Crippen molar-refractivity contribution in [3.8, 4) is 11.9 Å². The summed E-state index contributed by atoms with van der Waals surface area (Å²) >= 11 is 0. The van der Waals surface area contributed by atoms with Crippen LogP contribution in [-0.4, -0.2) is 16.8 Å². The first kappa shape index (κ1) is 8.21. The first-order valence-electron chi connectivity index (χ1n) is 3.34. The van der Waals surface area contributed by atoms with Crippen LogP contribution in [-0.2, 0) is 0 Å². The van der Waals surface area contributed by atoms with Gasteiger partial charge in [-0.05, 0) is 6.07 Å². The third kappa shape index (κ3) is 1.80. The van der Waals surface area contributed by atoms with Crippen LogP contribution in [0.25, 0.3) is 0 Å². The van der Waals surface area contributed by atoms with Gasteiger partial charge in [-0.15, -0.1) is 5.10 Å². The summed E-state index contributed by atoms with van der Waals surface area (Å²) < 4.78 is 5.06. The van der Waals surface area contributed by atoms with E-state index in [9.17, 15) is 0 Å². The van der Waals surface area contributed by atoms with E-state index in [-0.39, 0.29) is 5.88 Å². The Labute approximate surface area is 70.1 Å². The van der Waals surface area contributed by atoms with Crippen molar-refractivity contribution in [2.75, 3.05) is 6.61 Å². The molecule has 0 atom stereocenters. The summed E-state index contributed by atoms with van der Waals surface area (Å²) in [6, 6.07) is 3.49. The molecule has 0 unspecified atom stereocenters. The summed E-state index contributed by atoms with van der Waals surface area (Å²) in [5.74, 6) is 0.250. The molecule has 0 aromatic carbocycles. The second-order valence-electron chi connectivity index (χ2n) is 1.96. The minimum Gasteiger partial charge on any atom is -0.471 e. The van der Waals surface area contributed by atoms with Crippen molar-refractivity contribution in [2.24, 2.45) is 0 Å². The molecule has 0 bridgehead atoms. The number of aromatic nitrogens is 2. The van der Waals surface area contributed by atoms with Crippen LogP contribution in [0.3, 0.4) is 0 Å². The predicted molar refractivity (Wildman–Crippen MR) is 42.4 cm³/mol. The highest BCUT2D eigenvalue weighted by molar-refractivity contribution is 5.35. The summed E-state index contributed by atoms with van der Waals surface area (Å²) in [6.45, 7) is 3.80. The Morgan fingerprint density at radius 1 is 1.75 bits per heavy atom. The van der Waals surface area contributed by atoms with Crippen molar-refractivity contribution >= 4 is 0 Å². The maximum Gasteiger partial charge on any atom is 0.251 e. The normalized spacial score (nSPS) is 8.58. The van der Waals surface area contributed by atoms with E-state index in [4.69, 9.17) is 10.00 Å². The smallest absolute Gasteiger partial charge is 0.251 e. The molecule has 60 valence electrons. The Hall–Kier alpha value is -1.89. The van der Waals surface area contributed by atoms with E-state index in [1.54, 1.807) is 12.1 Å². The average Bonchev–Trinajstić information content (AvgIpc) is 2.15. The number of hydrogen-bond donors (Lipinski definition) is 0. The van der Waals surface area contributed by atoms with Crippen molar-refractivity contribution in [1.82, 2.24) is 10.2 Å². The molecule has 0 aliphatic carbocycles. The molecular formula is C8H7N3O. The minimum atomic E-state index is 0.250. The van der Waals surface area contributed by atoms with E-state index in [0.29, 0.717) is 12.2 Å². The highest BCUT2D eigenvalue weighted by Crippen LogP contribution is 2.10. The van der Waals surface area contributed by atoms with E-state index in [1.807, 2.05) is 6.07 Å². The van der Waals surface area contributed by atoms with Gasteiger partial charge in [0.25, 0.3) is 5.88 Å². The van der Waals surface area contributed by atoms with E-state index in [2.05, 4.69) is 16.8 Å². The molecule has 0 fully saturated rings. The zero-order chi connectivity index (χ0) is 8.81. The molecule has 0 aliphatic heterocycles. The standard InChI is InChI=1S/C8H7N3O/c1-2-5-12-8-7(6-9)3-4-10-11-8/h2-4H,1,5H2. The first-order valence-corrected chi connectivity index (χ1v) is 3.34. The average molecular weight is 161 g/mol. The van der Waals surface area contributed by atoms with Gasteiger partial charge < -0.3 is 4.74 Å². The number of nitriles is 1. The van der Waals surface area contributed by atoms with Gasteiger partial charge in [-0.3, -0.25) is 0 Å². The van der Waals surface area contributed by atoms with Gasteiger partial charge in [-0.25, -0.2) is 0 Å². The number of rotatable bonds is 3. The predicted octanol–water partition coefficient (Wildman–Crippen LogP) is 0.913. The van der Waals surface area contributed by atoms with Crippen LogP contribution in [0.15, 0.2) is 24.9 Å². The fourth-order valence-corrected chi connectivity index (χ4v) is 0.648. The first-order chi connectivity index (χ1) is 5.88. The number of hydrogen-bond acceptors (Lipinski definition) is 4. The topological polar surface area (TPSA) is 58.8 Å². The van der Waals surface area contributed by atoms with Gasteiger partial charge in [0.2, 0.25) is 0 Å². The molecule has 0 saturated carbocycles. The molecule has 1 aromatic rings. The van der Waals surface area contributed by atoms with Crippen molar-refractivity contribution in [3.63, 3.8) is 0 Å². The van der Waals surface area contributed by atoms with Gasteiger partial charge in [0.15, 0.2) is 0 Å². The molecule has 4 nitrogen and oxygen atoms in total. The molecule has 1 aromatic heterocycles. The third-order valence-electron chi connectivity index (χ3n) is 1.15. The maximum atomic E-state index is 8.59. The van der Waals surface area contributed by atoms with Gasteiger partial charge in [0, 0.05) is 0 Å². The minimum absolute atomic E-state index is 0.250. The molecule has 1 rings (SSSR count). The van der Waals surface area contributed by atoms with Crippen molar-refractivity contribution in [2.45, 2.75) is 0 Å². The summed E-state index contributed by atoms with van der Waals surface area (Å²) in [6.07, 6.45) is 3.02. The molecular weight excluding hydrogens is 154 g/mol. The second kappa shape index (κ2) is 4.09. The highest BCUT2D eigenvalue weighted by Gasteiger charge is 2.02. The van der Waals surface area contributed by atoms with Gasteiger partial charge in [-0.2, -0.15) is 10.4 Å². The molecule has 0 saturated heterocycles. The zero-order valence-corrected chi connectivity index (χ0v) is 6.40. The monoisotopic (exact) mass is 161 g/mol. The van der Waals surface area contributed by atoms with Crippen LogP contribution < -0.4 is 4.74 Å². The van der Waals surface area contributed by atoms with Crippen LogP contribution in [0.5, 0.6) is 5.88 Å². The van der Waals surface area contributed by atoms with Crippen LogP contribution in [0.2, 0.25) is 0 Å². The van der Waals surface area contributed by atoms with Crippen LogP contribution in [0, 0.1) is 11.3 Å². The van der Waals surface area contributed by atoms with Crippen molar-refractivity contribution in [3.05, 3.63) is 30.5 Å². The molecule has 0 spiro atoms. The second-order valence-corrected chi connectivity index (χ2v) is 1.96. The Balaban J connectivity index is 2.83. The van der Waals surface area contributed by atoms with Gasteiger partial charge >= 0.3 is 0 Å². The Kier molecular flexibility index (Phi) is 2.79. The fourth-order valence-electron chi connectivity index (χ4n) is 0.648. The molecule has 1 heterocycles. The van der Waals surface area contributed by atoms with E-state index < -0.39 is 0 Å². The maximum absolute atomic E-state index is 8.59. The molecule has 12 heavy (non-hydrogen) atoms. The summed E-state index contributed by atoms with van der Waals surface area (Å²) in [5.41, 5.74) is 0.381. The SMILES string of the molecule is C=CCOc1nnccc1C#N.